The average Bonchev–Trinajstić information content (AvgIpc) is 2.45. The molecule has 0 amide bonds. The van der Waals surface area contributed by atoms with E-state index in [9.17, 15) is 5.11 Å². The quantitative estimate of drug-likeness (QED) is 0.684. The first-order chi connectivity index (χ1) is 6.09. The van der Waals surface area contributed by atoms with Crippen LogP contribution in [-0.4, -0.2) is 24.7 Å². The lowest BCUT2D eigenvalue weighted by Crippen LogP contribution is -2.19. The molecular weight excluding hydrogens is 168 g/mol. The fourth-order valence-electron chi connectivity index (χ4n) is 1.17. The van der Waals surface area contributed by atoms with Crippen molar-refractivity contribution >= 4 is 5.65 Å². The van der Waals surface area contributed by atoms with Crippen LogP contribution in [0, 0.1) is 0 Å². The zero-order valence-electron chi connectivity index (χ0n) is 7.47. The van der Waals surface area contributed by atoms with Crippen LogP contribution in [0.3, 0.4) is 0 Å². The van der Waals surface area contributed by atoms with Gasteiger partial charge in [0.25, 0.3) is 0 Å². The molecule has 0 radical (unpaired) electrons. The maximum atomic E-state index is 9.73. The number of nitrogens with zero attached hydrogens (tertiary/aromatic N) is 4. The molecule has 0 atom stereocenters. The van der Waals surface area contributed by atoms with E-state index >= 15 is 0 Å². The van der Waals surface area contributed by atoms with Crippen molar-refractivity contribution in [1.29, 1.82) is 0 Å². The van der Waals surface area contributed by atoms with Crippen molar-refractivity contribution < 1.29 is 5.11 Å². The van der Waals surface area contributed by atoms with E-state index < -0.39 is 5.60 Å². The topological polar surface area (TPSA) is 63.3 Å². The molecule has 0 aliphatic heterocycles. The van der Waals surface area contributed by atoms with Crippen LogP contribution in [0.1, 0.15) is 19.7 Å². The smallest absolute Gasteiger partial charge is 0.179 e. The number of hydrogen-bond donors (Lipinski definition) is 1. The number of aliphatic hydroxyl groups is 1. The Morgan fingerprint density at radius 3 is 2.85 bits per heavy atom. The van der Waals surface area contributed by atoms with E-state index in [0.29, 0.717) is 11.5 Å². The van der Waals surface area contributed by atoms with Crippen molar-refractivity contribution in [1.82, 2.24) is 19.6 Å². The van der Waals surface area contributed by atoms with Crippen molar-refractivity contribution in [3.8, 4) is 0 Å². The van der Waals surface area contributed by atoms with Gasteiger partial charge in [-0.05, 0) is 13.8 Å². The fraction of sp³-hybridized carbons (Fsp3) is 0.375. The molecule has 68 valence electrons. The van der Waals surface area contributed by atoms with Gasteiger partial charge in [-0.15, -0.1) is 10.2 Å². The van der Waals surface area contributed by atoms with Gasteiger partial charge in [-0.1, -0.05) is 0 Å². The van der Waals surface area contributed by atoms with E-state index in [1.807, 2.05) is 0 Å². The minimum Gasteiger partial charge on any atom is -0.382 e. The molecule has 0 fully saturated rings. The van der Waals surface area contributed by atoms with Crippen LogP contribution in [0.4, 0.5) is 0 Å². The second-order valence-corrected chi connectivity index (χ2v) is 3.39. The standard InChI is InChI=1S/C8H10N4O/c1-8(2,13)7-11-10-6-5-9-3-4-12(6)7/h3-5,13H,1-2H3. The Bertz CT molecular complexity index is 429. The van der Waals surface area contributed by atoms with Crippen molar-refractivity contribution in [2.45, 2.75) is 19.4 Å². The molecule has 0 bridgehead atoms. The van der Waals surface area contributed by atoms with Gasteiger partial charge in [0, 0.05) is 12.4 Å². The Morgan fingerprint density at radius 1 is 1.38 bits per heavy atom. The zero-order valence-corrected chi connectivity index (χ0v) is 7.47. The van der Waals surface area contributed by atoms with Crippen LogP contribution in [0.15, 0.2) is 18.6 Å². The van der Waals surface area contributed by atoms with Gasteiger partial charge in [-0.25, -0.2) is 0 Å². The van der Waals surface area contributed by atoms with Gasteiger partial charge >= 0.3 is 0 Å². The molecule has 2 heterocycles. The molecule has 0 spiro atoms. The number of hydrogen-bond acceptors (Lipinski definition) is 4. The summed E-state index contributed by atoms with van der Waals surface area (Å²) in [6, 6.07) is 0. The van der Waals surface area contributed by atoms with Crippen LogP contribution in [0.5, 0.6) is 0 Å². The molecule has 1 N–H and O–H groups in total. The molecule has 2 aromatic rings. The third kappa shape index (κ3) is 1.27. The van der Waals surface area contributed by atoms with Crippen molar-refractivity contribution in [2.75, 3.05) is 0 Å². The maximum absolute atomic E-state index is 9.73. The van der Waals surface area contributed by atoms with Gasteiger partial charge in [0.2, 0.25) is 0 Å². The van der Waals surface area contributed by atoms with Crippen molar-refractivity contribution in [3.63, 3.8) is 0 Å². The Morgan fingerprint density at radius 2 is 2.15 bits per heavy atom. The summed E-state index contributed by atoms with van der Waals surface area (Å²) in [5, 5.41) is 17.5. The van der Waals surface area contributed by atoms with Crippen LogP contribution in [-0.2, 0) is 5.60 Å². The number of rotatable bonds is 1. The Hall–Kier alpha value is -1.49. The normalized spacial score (nSPS) is 12.2. The first-order valence-corrected chi connectivity index (χ1v) is 3.96. The second kappa shape index (κ2) is 2.50. The minimum atomic E-state index is -0.985. The molecule has 0 saturated heterocycles. The predicted octanol–water partition coefficient (Wildman–Crippen LogP) is 0.352. The Kier molecular flexibility index (Phi) is 1.56. The molecule has 5 nitrogen and oxygen atoms in total. The Balaban J connectivity index is 2.72. The molecule has 0 aliphatic carbocycles. The summed E-state index contributed by atoms with van der Waals surface area (Å²) in [4.78, 5) is 3.90. The predicted molar refractivity (Wildman–Crippen MR) is 46.0 cm³/mol. The third-order valence-corrected chi connectivity index (χ3v) is 1.76. The summed E-state index contributed by atoms with van der Waals surface area (Å²) >= 11 is 0. The summed E-state index contributed by atoms with van der Waals surface area (Å²) < 4.78 is 1.72. The molecule has 0 aromatic carbocycles. The van der Waals surface area contributed by atoms with Gasteiger partial charge in [0.15, 0.2) is 11.5 Å². The largest absolute Gasteiger partial charge is 0.382 e. The van der Waals surface area contributed by atoms with E-state index in [2.05, 4.69) is 15.2 Å². The molecule has 0 saturated carbocycles. The highest BCUT2D eigenvalue weighted by Crippen LogP contribution is 2.17. The lowest BCUT2D eigenvalue weighted by Gasteiger charge is -2.13. The maximum Gasteiger partial charge on any atom is 0.179 e. The van der Waals surface area contributed by atoms with Crippen LogP contribution < -0.4 is 0 Å². The van der Waals surface area contributed by atoms with E-state index in [4.69, 9.17) is 0 Å². The van der Waals surface area contributed by atoms with Gasteiger partial charge in [0.05, 0.1) is 6.20 Å². The van der Waals surface area contributed by atoms with Crippen LogP contribution in [0.25, 0.3) is 5.65 Å². The highest BCUT2D eigenvalue weighted by molar-refractivity contribution is 5.34. The SMILES string of the molecule is CC(C)(O)c1nnc2cnccn12. The zero-order chi connectivity index (χ0) is 9.47. The molecule has 2 rings (SSSR count). The number of fused-ring (bicyclic) bond motifs is 1. The fourth-order valence-corrected chi connectivity index (χ4v) is 1.17. The van der Waals surface area contributed by atoms with E-state index in [1.165, 1.54) is 0 Å². The molecule has 13 heavy (non-hydrogen) atoms. The van der Waals surface area contributed by atoms with Crippen molar-refractivity contribution in [2.24, 2.45) is 0 Å². The Labute approximate surface area is 75.1 Å². The summed E-state index contributed by atoms with van der Waals surface area (Å²) in [6.07, 6.45) is 4.95. The highest BCUT2D eigenvalue weighted by Gasteiger charge is 2.22. The van der Waals surface area contributed by atoms with E-state index in [-0.39, 0.29) is 0 Å². The third-order valence-electron chi connectivity index (χ3n) is 1.76. The average molecular weight is 178 g/mol. The van der Waals surface area contributed by atoms with Crippen LogP contribution >= 0.6 is 0 Å². The van der Waals surface area contributed by atoms with E-state index in [0.717, 1.165) is 0 Å². The summed E-state index contributed by atoms with van der Waals surface area (Å²) in [5.41, 5.74) is -0.347. The van der Waals surface area contributed by atoms with Crippen molar-refractivity contribution in [3.05, 3.63) is 24.4 Å². The van der Waals surface area contributed by atoms with Gasteiger partial charge in [0.1, 0.15) is 5.60 Å². The summed E-state index contributed by atoms with van der Waals surface area (Å²) in [5.74, 6) is 0.518. The minimum absolute atomic E-state index is 0.518. The van der Waals surface area contributed by atoms with Gasteiger partial charge < -0.3 is 5.11 Å². The van der Waals surface area contributed by atoms with E-state index in [1.54, 1.807) is 36.8 Å². The molecule has 0 aliphatic rings. The first kappa shape index (κ1) is 8.12. The molecule has 0 unspecified atom stereocenters. The number of aromatic nitrogens is 4. The lowest BCUT2D eigenvalue weighted by molar-refractivity contribution is 0.0676. The van der Waals surface area contributed by atoms with Crippen LogP contribution in [0.2, 0.25) is 0 Å². The molecule has 2 aromatic heterocycles. The van der Waals surface area contributed by atoms with Gasteiger partial charge in [-0.2, -0.15) is 0 Å². The first-order valence-electron chi connectivity index (χ1n) is 3.96. The molecule has 5 heteroatoms. The molecular formula is C8H10N4O. The summed E-state index contributed by atoms with van der Waals surface area (Å²) in [7, 11) is 0. The van der Waals surface area contributed by atoms with Gasteiger partial charge in [-0.3, -0.25) is 9.38 Å². The monoisotopic (exact) mass is 178 g/mol. The highest BCUT2D eigenvalue weighted by atomic mass is 16.3. The second-order valence-electron chi connectivity index (χ2n) is 3.39. The lowest BCUT2D eigenvalue weighted by atomic mass is 10.1. The summed E-state index contributed by atoms with van der Waals surface area (Å²) in [6.45, 7) is 3.34.